The van der Waals surface area contributed by atoms with Gasteiger partial charge in [-0.1, -0.05) is 42.5 Å². The van der Waals surface area contributed by atoms with Crippen LogP contribution in [0.15, 0.2) is 54.6 Å². The zero-order valence-electron chi connectivity index (χ0n) is 15.5. The molecule has 1 fully saturated rings. The van der Waals surface area contributed by atoms with Crippen molar-refractivity contribution in [3.8, 4) is 0 Å². The second-order valence-electron chi connectivity index (χ2n) is 7.03. The predicted octanol–water partition coefficient (Wildman–Crippen LogP) is 1.54. The van der Waals surface area contributed by atoms with Crippen molar-refractivity contribution in [2.75, 3.05) is 20.2 Å². The SMILES string of the molecule is CN(Cc1ccccc1)C1C(CNCc2ccc(F)cc2)OC(CO)C1O. The molecular weight excluding hydrogens is 347 g/mol. The van der Waals surface area contributed by atoms with Crippen LogP contribution in [0.2, 0.25) is 0 Å². The van der Waals surface area contributed by atoms with Crippen molar-refractivity contribution >= 4 is 0 Å². The lowest BCUT2D eigenvalue weighted by Crippen LogP contribution is -2.48. The van der Waals surface area contributed by atoms with Crippen LogP contribution in [0.1, 0.15) is 11.1 Å². The van der Waals surface area contributed by atoms with Gasteiger partial charge >= 0.3 is 0 Å². The zero-order chi connectivity index (χ0) is 19.2. The minimum Gasteiger partial charge on any atom is -0.394 e. The van der Waals surface area contributed by atoms with Crippen molar-refractivity contribution in [3.05, 3.63) is 71.5 Å². The molecule has 4 unspecified atom stereocenters. The Hall–Kier alpha value is -1.83. The number of rotatable bonds is 8. The van der Waals surface area contributed by atoms with E-state index in [-0.39, 0.29) is 24.6 Å². The van der Waals surface area contributed by atoms with Gasteiger partial charge in [0.25, 0.3) is 0 Å². The number of ether oxygens (including phenoxy) is 1. The summed E-state index contributed by atoms with van der Waals surface area (Å²) in [5.41, 5.74) is 2.13. The number of halogens is 1. The molecule has 1 heterocycles. The maximum Gasteiger partial charge on any atom is 0.123 e. The third kappa shape index (κ3) is 5.12. The van der Waals surface area contributed by atoms with E-state index in [1.54, 1.807) is 12.1 Å². The molecule has 0 aromatic heterocycles. The van der Waals surface area contributed by atoms with Crippen LogP contribution in [0.5, 0.6) is 0 Å². The van der Waals surface area contributed by atoms with Crippen molar-refractivity contribution < 1.29 is 19.3 Å². The first kappa shape index (κ1) is 19.9. The maximum atomic E-state index is 13.0. The van der Waals surface area contributed by atoms with Gasteiger partial charge in [0, 0.05) is 19.6 Å². The molecule has 146 valence electrons. The van der Waals surface area contributed by atoms with Gasteiger partial charge in [-0.05, 0) is 30.3 Å². The number of nitrogens with one attached hydrogen (secondary N) is 1. The molecule has 27 heavy (non-hydrogen) atoms. The quantitative estimate of drug-likeness (QED) is 0.654. The summed E-state index contributed by atoms with van der Waals surface area (Å²) in [4.78, 5) is 2.07. The van der Waals surface area contributed by atoms with E-state index < -0.39 is 12.2 Å². The summed E-state index contributed by atoms with van der Waals surface area (Å²) < 4.78 is 18.9. The summed E-state index contributed by atoms with van der Waals surface area (Å²) >= 11 is 0. The van der Waals surface area contributed by atoms with Gasteiger partial charge in [-0.3, -0.25) is 4.90 Å². The third-order valence-electron chi connectivity index (χ3n) is 5.01. The third-order valence-corrected chi connectivity index (χ3v) is 5.01. The molecule has 0 radical (unpaired) electrons. The normalized spacial score (nSPS) is 25.2. The van der Waals surface area contributed by atoms with Crippen LogP contribution in [0.3, 0.4) is 0 Å². The summed E-state index contributed by atoms with van der Waals surface area (Å²) in [6.45, 7) is 1.56. The van der Waals surface area contributed by atoms with Crippen molar-refractivity contribution in [3.63, 3.8) is 0 Å². The fraction of sp³-hybridized carbons (Fsp3) is 0.429. The van der Waals surface area contributed by atoms with Crippen molar-refractivity contribution in [2.24, 2.45) is 0 Å². The first-order valence-corrected chi connectivity index (χ1v) is 9.22. The number of likely N-dealkylation sites (N-methyl/N-ethyl adjacent to an activating group) is 1. The molecule has 0 amide bonds. The van der Waals surface area contributed by atoms with E-state index >= 15 is 0 Å². The Morgan fingerprint density at radius 1 is 1.04 bits per heavy atom. The predicted molar refractivity (Wildman–Crippen MR) is 102 cm³/mol. The molecule has 2 aromatic rings. The average Bonchev–Trinajstić information content (AvgIpc) is 2.99. The molecule has 1 aliphatic rings. The topological polar surface area (TPSA) is 65.0 Å². The first-order chi connectivity index (χ1) is 13.1. The highest BCUT2D eigenvalue weighted by Crippen LogP contribution is 2.26. The minimum atomic E-state index is -0.763. The van der Waals surface area contributed by atoms with Crippen LogP contribution < -0.4 is 5.32 Å². The standard InChI is InChI=1S/C21H27FN2O3/c1-24(13-16-5-3-2-4-6-16)20-18(27-19(14-25)21(20)26)12-23-11-15-7-9-17(22)10-8-15/h2-10,18-21,23,25-26H,11-14H2,1H3. The summed E-state index contributed by atoms with van der Waals surface area (Å²) in [5, 5.41) is 23.4. The fourth-order valence-corrected chi connectivity index (χ4v) is 3.63. The number of aliphatic hydroxyl groups is 2. The lowest BCUT2D eigenvalue weighted by Gasteiger charge is -2.30. The molecule has 1 aliphatic heterocycles. The molecular formula is C21H27FN2O3. The molecule has 0 spiro atoms. The van der Waals surface area contributed by atoms with Gasteiger partial charge in [-0.2, -0.15) is 0 Å². The lowest BCUT2D eigenvalue weighted by molar-refractivity contribution is -0.0213. The van der Waals surface area contributed by atoms with Gasteiger partial charge in [-0.15, -0.1) is 0 Å². The number of hydrogen-bond donors (Lipinski definition) is 3. The Morgan fingerprint density at radius 3 is 2.41 bits per heavy atom. The monoisotopic (exact) mass is 374 g/mol. The van der Waals surface area contributed by atoms with Crippen molar-refractivity contribution in [1.82, 2.24) is 10.2 Å². The highest BCUT2D eigenvalue weighted by atomic mass is 19.1. The highest BCUT2D eigenvalue weighted by molar-refractivity contribution is 5.16. The Labute approximate surface area is 159 Å². The van der Waals surface area contributed by atoms with E-state index in [0.29, 0.717) is 19.6 Å². The summed E-state index contributed by atoms with van der Waals surface area (Å²) in [7, 11) is 1.96. The van der Waals surface area contributed by atoms with Crippen LogP contribution in [0, 0.1) is 5.82 Å². The van der Waals surface area contributed by atoms with Gasteiger partial charge in [0.1, 0.15) is 18.0 Å². The largest absolute Gasteiger partial charge is 0.394 e. The summed E-state index contributed by atoms with van der Waals surface area (Å²) in [6.07, 6.45) is -1.61. The van der Waals surface area contributed by atoms with Gasteiger partial charge in [0.15, 0.2) is 0 Å². The van der Waals surface area contributed by atoms with E-state index in [4.69, 9.17) is 4.74 Å². The molecule has 5 nitrogen and oxygen atoms in total. The maximum absolute atomic E-state index is 13.0. The van der Waals surface area contributed by atoms with Crippen LogP contribution in [-0.4, -0.2) is 59.7 Å². The van der Waals surface area contributed by atoms with E-state index in [0.717, 1.165) is 11.1 Å². The number of aliphatic hydroxyl groups excluding tert-OH is 2. The minimum absolute atomic E-state index is 0.217. The summed E-state index contributed by atoms with van der Waals surface area (Å²) in [6, 6.07) is 16.2. The van der Waals surface area contributed by atoms with Crippen LogP contribution >= 0.6 is 0 Å². The zero-order valence-corrected chi connectivity index (χ0v) is 15.5. The first-order valence-electron chi connectivity index (χ1n) is 9.22. The molecule has 0 saturated carbocycles. The Morgan fingerprint density at radius 2 is 1.74 bits per heavy atom. The van der Waals surface area contributed by atoms with E-state index in [9.17, 15) is 14.6 Å². The Bertz CT molecular complexity index is 698. The van der Waals surface area contributed by atoms with Crippen LogP contribution in [-0.2, 0) is 17.8 Å². The van der Waals surface area contributed by atoms with Gasteiger partial charge in [0.2, 0.25) is 0 Å². The number of benzene rings is 2. The Kier molecular flexibility index (Phi) is 6.93. The number of nitrogens with zero attached hydrogens (tertiary/aromatic N) is 1. The average molecular weight is 374 g/mol. The van der Waals surface area contributed by atoms with Crippen molar-refractivity contribution in [1.29, 1.82) is 0 Å². The van der Waals surface area contributed by atoms with Crippen molar-refractivity contribution in [2.45, 2.75) is 37.4 Å². The van der Waals surface area contributed by atoms with Crippen LogP contribution in [0.25, 0.3) is 0 Å². The molecule has 3 N–H and O–H groups in total. The van der Waals surface area contributed by atoms with E-state index in [1.165, 1.54) is 12.1 Å². The molecule has 4 atom stereocenters. The molecule has 2 aromatic carbocycles. The molecule has 3 rings (SSSR count). The van der Waals surface area contributed by atoms with Crippen LogP contribution in [0.4, 0.5) is 4.39 Å². The molecule has 6 heteroatoms. The van der Waals surface area contributed by atoms with Gasteiger partial charge < -0.3 is 20.3 Å². The lowest BCUT2D eigenvalue weighted by atomic mass is 10.0. The second-order valence-corrected chi connectivity index (χ2v) is 7.03. The van der Waals surface area contributed by atoms with Gasteiger partial charge in [0.05, 0.1) is 18.8 Å². The fourth-order valence-electron chi connectivity index (χ4n) is 3.63. The van der Waals surface area contributed by atoms with Gasteiger partial charge in [-0.25, -0.2) is 4.39 Å². The number of hydrogen-bond acceptors (Lipinski definition) is 5. The Balaban J connectivity index is 1.61. The molecule has 0 bridgehead atoms. The van der Waals surface area contributed by atoms with E-state index in [1.807, 2.05) is 37.4 Å². The second kappa shape index (κ2) is 9.39. The molecule has 0 aliphatic carbocycles. The summed E-state index contributed by atoms with van der Waals surface area (Å²) in [5.74, 6) is -0.255. The van der Waals surface area contributed by atoms with E-state index in [2.05, 4.69) is 10.2 Å². The molecule has 1 saturated heterocycles. The highest BCUT2D eigenvalue weighted by Gasteiger charge is 2.44. The smallest absolute Gasteiger partial charge is 0.123 e.